The lowest BCUT2D eigenvalue weighted by Gasteiger charge is -2.24. The lowest BCUT2D eigenvalue weighted by Crippen LogP contribution is -2.25. The highest BCUT2D eigenvalue weighted by molar-refractivity contribution is 7.87. The van der Waals surface area contributed by atoms with Crippen molar-refractivity contribution >= 4 is 55.7 Å². The van der Waals surface area contributed by atoms with Gasteiger partial charge in [0.05, 0.1) is 36.7 Å². The van der Waals surface area contributed by atoms with E-state index in [9.17, 15) is 42.8 Å². The van der Waals surface area contributed by atoms with Crippen molar-refractivity contribution in [1.29, 1.82) is 0 Å². The Kier molecular flexibility index (Phi) is 21.0. The van der Waals surface area contributed by atoms with Crippen LogP contribution in [0.25, 0.3) is 0 Å². The summed E-state index contributed by atoms with van der Waals surface area (Å²) in [5, 5.41) is 0. The second-order valence-corrected chi connectivity index (χ2v) is 26.3. The largest absolute Gasteiger partial charge is 0.332 e. The summed E-state index contributed by atoms with van der Waals surface area (Å²) in [6.45, 7) is 0. The molecule has 0 aromatic rings. The summed E-state index contributed by atoms with van der Waals surface area (Å²) in [5.41, 5.74) is 0. The van der Waals surface area contributed by atoms with E-state index in [1.165, 1.54) is 0 Å². The van der Waals surface area contributed by atoms with Crippen molar-refractivity contribution in [3.05, 3.63) is 0 Å². The van der Waals surface area contributed by atoms with Gasteiger partial charge in [-0.25, -0.2) is 0 Å². The lowest BCUT2D eigenvalue weighted by molar-refractivity contribution is 0.147. The first-order valence-corrected chi connectivity index (χ1v) is 30.5. The second kappa shape index (κ2) is 24.1. The molecule has 0 N–H and O–H groups in total. The molecule has 58 heavy (non-hydrogen) atoms. The van der Waals surface area contributed by atoms with E-state index in [4.69, 9.17) is 34.8 Å². The zero-order valence-corrected chi connectivity index (χ0v) is 38.5. The van der Waals surface area contributed by atoms with Crippen molar-refractivity contribution in [2.24, 2.45) is 0 Å². The minimum Gasteiger partial charge on any atom is -0.290 e. The van der Waals surface area contributed by atoms with E-state index < -0.39 is 104 Å². The molecular weight excluding hydrogens is 887 g/mol. The molecule has 0 unspecified atom stereocenters. The molecule has 0 aromatic carbocycles. The third-order valence-electron chi connectivity index (χ3n) is 10.5. The van der Waals surface area contributed by atoms with Gasteiger partial charge in [0, 0.05) is 0 Å². The van der Waals surface area contributed by atoms with Gasteiger partial charge >= 0.3 is 15.2 Å². The van der Waals surface area contributed by atoms with Crippen molar-refractivity contribution in [3.63, 3.8) is 0 Å². The Labute approximate surface area is 346 Å². The zero-order valence-electron chi connectivity index (χ0n) is 33.4. The summed E-state index contributed by atoms with van der Waals surface area (Å²) in [7, 11) is -26.0. The van der Waals surface area contributed by atoms with Crippen molar-refractivity contribution in [2.75, 3.05) is 36.1 Å². The van der Waals surface area contributed by atoms with Crippen molar-refractivity contribution in [2.45, 2.75) is 179 Å². The first-order valence-electron chi connectivity index (χ1n) is 20.7. The molecule has 0 amide bonds. The van der Waals surface area contributed by atoms with Crippen molar-refractivity contribution < 1.29 is 77.6 Å². The Morgan fingerprint density at radius 2 is 0.534 bits per heavy atom. The summed E-state index contributed by atoms with van der Waals surface area (Å²) in [6.07, 6.45) is 12.3. The summed E-state index contributed by atoms with van der Waals surface area (Å²) in [6, 6.07) is 0. The minimum atomic E-state index is -4.37. The van der Waals surface area contributed by atoms with Gasteiger partial charge in [0.2, 0.25) is 0 Å². The van der Waals surface area contributed by atoms with Gasteiger partial charge in [-0.1, -0.05) is 89.9 Å². The predicted octanol–water partition coefficient (Wildman–Crippen LogP) is 7.55. The molecular formula is C34H64O18P2S4. The third-order valence-corrected chi connectivity index (χ3v) is 18.9. The molecule has 0 spiro atoms. The summed E-state index contributed by atoms with van der Waals surface area (Å²) in [5.74, 6) is -4.49. The molecule has 18 nitrogen and oxygen atoms in total. The topological polar surface area (TPSA) is 245 Å². The highest BCUT2D eigenvalue weighted by atomic mass is 32.2. The first-order chi connectivity index (χ1) is 27.3. The molecule has 0 radical (unpaired) electrons. The second-order valence-electron chi connectivity index (χ2n) is 15.7. The number of hydrogen-bond donors (Lipinski definition) is 0. The van der Waals surface area contributed by atoms with Gasteiger partial charge in [-0.3, -0.25) is 44.0 Å². The Morgan fingerprint density at radius 1 is 0.328 bits per heavy atom. The average Bonchev–Trinajstić information content (AvgIpc) is 3.18. The number of rotatable bonds is 27. The molecule has 24 heteroatoms. The zero-order chi connectivity index (χ0) is 42.2. The van der Waals surface area contributed by atoms with Gasteiger partial charge < -0.3 is 0 Å². The molecule has 4 aliphatic rings. The Morgan fingerprint density at radius 3 is 0.741 bits per heavy atom. The number of hydrogen-bond acceptors (Lipinski definition) is 18. The Balaban J connectivity index is 1.33. The van der Waals surface area contributed by atoms with Crippen LogP contribution in [0.15, 0.2) is 0 Å². The molecule has 0 saturated heterocycles. The van der Waals surface area contributed by atoms with E-state index in [0.29, 0.717) is 51.4 Å². The fraction of sp³-hybridized carbons (Fsp3) is 1.00. The molecule has 4 aliphatic carbocycles. The van der Waals surface area contributed by atoms with Gasteiger partial charge in [-0.15, -0.1) is 0 Å². The SMILES string of the molecule is O=P(CCCCCCP(=O)(OCS(=O)(=O)OC1CCCCC1)OCS(=O)(=O)OC1CCCCC1)(OCS(=O)(=O)OC1CCCCC1)OCS(=O)(=O)OC1CCCCC1. The van der Waals surface area contributed by atoms with Crippen LogP contribution in [0, 0.1) is 0 Å². The summed E-state index contributed by atoms with van der Waals surface area (Å²) < 4.78 is 172. The van der Waals surface area contributed by atoms with Crippen LogP contribution in [-0.4, -0.2) is 94.2 Å². The van der Waals surface area contributed by atoms with E-state index in [1.807, 2.05) is 0 Å². The van der Waals surface area contributed by atoms with Crippen LogP contribution in [0.1, 0.15) is 154 Å². The molecule has 342 valence electrons. The van der Waals surface area contributed by atoms with Crippen molar-refractivity contribution in [1.82, 2.24) is 0 Å². The lowest BCUT2D eigenvalue weighted by atomic mass is 9.98. The van der Waals surface area contributed by atoms with Crippen LogP contribution in [0.3, 0.4) is 0 Å². The highest BCUT2D eigenvalue weighted by Crippen LogP contribution is 2.51. The van der Waals surface area contributed by atoms with Crippen LogP contribution in [0.2, 0.25) is 0 Å². The predicted molar refractivity (Wildman–Crippen MR) is 215 cm³/mol. The van der Waals surface area contributed by atoms with Gasteiger partial charge in [-0.2, -0.15) is 33.7 Å². The quantitative estimate of drug-likeness (QED) is 0.0438. The normalized spacial score (nSPS) is 21.0. The molecule has 0 bridgehead atoms. The van der Waals surface area contributed by atoms with E-state index in [-0.39, 0.29) is 38.0 Å². The van der Waals surface area contributed by atoms with Crippen LogP contribution >= 0.6 is 15.2 Å². The van der Waals surface area contributed by atoms with Crippen LogP contribution in [0.5, 0.6) is 0 Å². The van der Waals surface area contributed by atoms with E-state index in [0.717, 1.165) is 77.0 Å². The molecule has 0 aromatic heterocycles. The Hall–Kier alpha value is -0.0600. The van der Waals surface area contributed by atoms with Gasteiger partial charge in [0.25, 0.3) is 40.5 Å². The maximum Gasteiger partial charge on any atom is 0.332 e. The van der Waals surface area contributed by atoms with Crippen LogP contribution in [-0.2, 0) is 84.4 Å². The van der Waals surface area contributed by atoms with Crippen LogP contribution in [0.4, 0.5) is 0 Å². The highest BCUT2D eigenvalue weighted by Gasteiger charge is 2.35. The molecule has 0 aliphatic heterocycles. The molecule has 4 saturated carbocycles. The Bertz CT molecular complexity index is 1520. The van der Waals surface area contributed by atoms with Gasteiger partial charge in [-0.05, 0) is 64.2 Å². The maximum atomic E-state index is 13.8. The van der Waals surface area contributed by atoms with Gasteiger partial charge in [0.1, 0.15) is 0 Å². The van der Waals surface area contributed by atoms with Crippen molar-refractivity contribution in [3.8, 4) is 0 Å². The standard InChI is InChI=1S/C34H64O18P2S4/c35-53(45-27-55(37,38)49-31-17-7-3-8-18-31,46-28-56(39,40)50-32-19-9-4-10-20-32)25-15-1-2-16-26-54(36,47-29-57(41,42)51-33-21-11-5-12-22-33)48-30-58(43,44)52-34-23-13-6-14-24-34/h31-34H,1-30H2. The third kappa shape index (κ3) is 20.4. The summed E-state index contributed by atoms with van der Waals surface area (Å²) >= 11 is 0. The van der Waals surface area contributed by atoms with Gasteiger partial charge in [0.15, 0.2) is 23.8 Å². The monoisotopic (exact) mass is 950 g/mol. The average molecular weight is 951 g/mol. The fourth-order valence-corrected chi connectivity index (χ4v) is 16.6. The van der Waals surface area contributed by atoms with E-state index in [2.05, 4.69) is 0 Å². The fourth-order valence-electron chi connectivity index (χ4n) is 7.46. The van der Waals surface area contributed by atoms with E-state index >= 15 is 0 Å². The van der Waals surface area contributed by atoms with Crippen LogP contribution < -0.4 is 0 Å². The molecule has 0 atom stereocenters. The number of unbranched alkanes of at least 4 members (excludes halogenated alkanes) is 3. The maximum absolute atomic E-state index is 13.8. The summed E-state index contributed by atoms with van der Waals surface area (Å²) in [4.78, 5) is 0. The first kappa shape index (κ1) is 50.6. The molecule has 4 rings (SSSR count). The van der Waals surface area contributed by atoms with E-state index in [1.54, 1.807) is 0 Å². The minimum absolute atomic E-state index is 0.0730. The smallest absolute Gasteiger partial charge is 0.290 e. The molecule has 4 fully saturated rings. The molecule has 0 heterocycles.